The number of H-pyrrole nitrogens is 1. The van der Waals surface area contributed by atoms with Crippen LogP contribution in [0.4, 0.5) is 0 Å². The Morgan fingerprint density at radius 2 is 2.00 bits per heavy atom. The van der Waals surface area contributed by atoms with Crippen LogP contribution in [-0.2, 0) is 13.0 Å². The molecule has 3 nitrogen and oxygen atoms in total. The summed E-state index contributed by atoms with van der Waals surface area (Å²) in [4.78, 5) is 8.26. The van der Waals surface area contributed by atoms with Crippen molar-refractivity contribution >= 4 is 12.2 Å². The zero-order chi connectivity index (χ0) is 13.5. The summed E-state index contributed by atoms with van der Waals surface area (Å²) >= 11 is 5.47. The minimum Gasteiger partial charge on any atom is -0.347 e. The average molecular weight is 277 g/mol. The first-order valence-electron chi connectivity index (χ1n) is 7.38. The molecular formula is C15H23N3S. The number of nitrogens with zero attached hydrogens (tertiary/aromatic N) is 1. The van der Waals surface area contributed by atoms with E-state index < -0.39 is 0 Å². The van der Waals surface area contributed by atoms with Crippen molar-refractivity contribution in [2.75, 3.05) is 6.54 Å². The van der Waals surface area contributed by atoms with Crippen molar-refractivity contribution in [3.63, 3.8) is 0 Å². The third kappa shape index (κ3) is 2.75. The van der Waals surface area contributed by atoms with E-state index in [0.717, 1.165) is 30.0 Å². The summed E-state index contributed by atoms with van der Waals surface area (Å²) in [5, 5.41) is 3.36. The highest BCUT2D eigenvalue weighted by Gasteiger charge is 2.29. The van der Waals surface area contributed by atoms with Crippen LogP contribution >= 0.6 is 12.2 Å². The van der Waals surface area contributed by atoms with Crippen molar-refractivity contribution in [2.24, 2.45) is 5.41 Å². The highest BCUT2D eigenvalue weighted by Crippen LogP contribution is 2.41. The molecule has 104 valence electrons. The molecule has 0 bridgehead atoms. The quantitative estimate of drug-likeness (QED) is 0.772. The Bertz CT molecular complexity index is 523. The second-order valence-electron chi connectivity index (χ2n) is 6.75. The first-order chi connectivity index (χ1) is 9.05. The Hall–Kier alpha value is -0.740. The molecular weight excluding hydrogens is 254 g/mol. The third-order valence-corrected chi connectivity index (χ3v) is 5.04. The van der Waals surface area contributed by atoms with Gasteiger partial charge in [0.2, 0.25) is 0 Å². The maximum absolute atomic E-state index is 5.47. The molecule has 0 aromatic carbocycles. The summed E-state index contributed by atoms with van der Waals surface area (Å²) in [6, 6.07) is 0. The van der Waals surface area contributed by atoms with E-state index in [1.54, 1.807) is 0 Å². The van der Waals surface area contributed by atoms with Gasteiger partial charge in [-0.3, -0.25) is 0 Å². The normalized spacial score (nSPS) is 23.1. The molecule has 1 fully saturated rings. The second-order valence-corrected chi connectivity index (χ2v) is 7.14. The number of hydrogen-bond donors (Lipinski definition) is 2. The van der Waals surface area contributed by atoms with E-state index in [-0.39, 0.29) is 0 Å². The highest BCUT2D eigenvalue weighted by atomic mass is 32.1. The molecule has 0 atom stereocenters. The molecule has 1 aromatic rings. The van der Waals surface area contributed by atoms with E-state index in [2.05, 4.69) is 29.1 Å². The van der Waals surface area contributed by atoms with Gasteiger partial charge in [0.15, 0.2) is 0 Å². The molecule has 0 spiro atoms. The second kappa shape index (κ2) is 4.98. The topological polar surface area (TPSA) is 40.7 Å². The molecule has 0 unspecified atom stereocenters. The summed E-state index contributed by atoms with van der Waals surface area (Å²) in [5.74, 6) is 1.72. The lowest BCUT2D eigenvalue weighted by Gasteiger charge is -2.34. The molecule has 0 saturated heterocycles. The van der Waals surface area contributed by atoms with Crippen LogP contribution < -0.4 is 5.32 Å². The average Bonchev–Trinajstić information content (AvgIpc) is 2.38. The van der Waals surface area contributed by atoms with E-state index in [9.17, 15) is 0 Å². The third-order valence-electron chi connectivity index (χ3n) is 4.70. The molecule has 19 heavy (non-hydrogen) atoms. The molecule has 1 aliphatic heterocycles. The van der Waals surface area contributed by atoms with Crippen molar-refractivity contribution in [3.8, 4) is 0 Å². The zero-order valence-corrected chi connectivity index (χ0v) is 12.7. The molecule has 1 aliphatic carbocycles. The van der Waals surface area contributed by atoms with Crippen molar-refractivity contribution < 1.29 is 0 Å². The minimum atomic E-state index is 0.505. The Morgan fingerprint density at radius 1 is 1.26 bits per heavy atom. The van der Waals surface area contributed by atoms with E-state index >= 15 is 0 Å². The fourth-order valence-electron chi connectivity index (χ4n) is 3.25. The smallest absolute Gasteiger partial charge is 0.134 e. The van der Waals surface area contributed by atoms with Crippen molar-refractivity contribution in [1.29, 1.82) is 0 Å². The van der Waals surface area contributed by atoms with Crippen LogP contribution in [0.1, 0.15) is 62.5 Å². The molecule has 0 radical (unpaired) electrons. The number of aromatic amines is 1. The first-order valence-corrected chi connectivity index (χ1v) is 7.79. The predicted octanol–water partition coefficient (Wildman–Crippen LogP) is 3.47. The van der Waals surface area contributed by atoms with Gasteiger partial charge >= 0.3 is 0 Å². The summed E-state index contributed by atoms with van der Waals surface area (Å²) in [5.41, 5.74) is 3.03. The molecule has 1 aromatic heterocycles. The van der Waals surface area contributed by atoms with Gasteiger partial charge in [0.25, 0.3) is 0 Å². The van der Waals surface area contributed by atoms with E-state index in [1.165, 1.54) is 36.9 Å². The summed E-state index contributed by atoms with van der Waals surface area (Å²) in [6.45, 7) is 6.66. The van der Waals surface area contributed by atoms with Gasteiger partial charge in [-0.2, -0.15) is 0 Å². The number of fused-ring (bicyclic) bond motifs is 1. The largest absolute Gasteiger partial charge is 0.347 e. The number of hydrogen-bond acceptors (Lipinski definition) is 3. The van der Waals surface area contributed by atoms with Gasteiger partial charge in [0.1, 0.15) is 10.5 Å². The van der Waals surface area contributed by atoms with Gasteiger partial charge in [-0.05, 0) is 31.1 Å². The number of nitrogens with one attached hydrogen (secondary N) is 2. The Kier molecular flexibility index (Phi) is 3.48. The fraction of sp³-hybridized carbons (Fsp3) is 0.733. The van der Waals surface area contributed by atoms with E-state index in [0.29, 0.717) is 11.3 Å². The van der Waals surface area contributed by atoms with Crippen LogP contribution in [0.25, 0.3) is 0 Å². The van der Waals surface area contributed by atoms with Crippen LogP contribution in [0.3, 0.4) is 0 Å². The van der Waals surface area contributed by atoms with E-state index in [4.69, 9.17) is 12.2 Å². The fourth-order valence-corrected chi connectivity index (χ4v) is 3.55. The van der Waals surface area contributed by atoms with Crippen LogP contribution in [0, 0.1) is 10.1 Å². The van der Waals surface area contributed by atoms with Crippen LogP contribution in [0.5, 0.6) is 0 Å². The SMILES string of the molecule is CC1(C)CCC(c2nc(=S)c3c([nH]2)CCNC3)CC1. The molecule has 1 saturated carbocycles. The standard InChI is InChI=1S/C15H23N3S/c1-15(2)6-3-10(4-7-15)13-17-12-5-8-16-9-11(12)14(19)18-13/h10,16H,3-9H2,1-2H3,(H,17,18,19). The van der Waals surface area contributed by atoms with Gasteiger partial charge in [-0.15, -0.1) is 0 Å². The monoisotopic (exact) mass is 277 g/mol. The van der Waals surface area contributed by atoms with Gasteiger partial charge in [0, 0.05) is 36.7 Å². The summed E-state index contributed by atoms with van der Waals surface area (Å²) in [7, 11) is 0. The summed E-state index contributed by atoms with van der Waals surface area (Å²) in [6.07, 6.45) is 6.11. The Morgan fingerprint density at radius 3 is 2.74 bits per heavy atom. The Labute approximate surface area is 120 Å². The van der Waals surface area contributed by atoms with Gasteiger partial charge < -0.3 is 10.3 Å². The maximum Gasteiger partial charge on any atom is 0.134 e. The lowest BCUT2D eigenvalue weighted by atomic mass is 9.73. The molecule has 2 aliphatic rings. The maximum atomic E-state index is 5.47. The molecule has 3 rings (SSSR count). The lowest BCUT2D eigenvalue weighted by molar-refractivity contribution is 0.220. The molecule has 4 heteroatoms. The van der Waals surface area contributed by atoms with Gasteiger partial charge in [0.05, 0.1) is 0 Å². The van der Waals surface area contributed by atoms with Crippen LogP contribution in [-0.4, -0.2) is 16.5 Å². The van der Waals surface area contributed by atoms with Crippen LogP contribution in [0.15, 0.2) is 0 Å². The Balaban J connectivity index is 1.86. The van der Waals surface area contributed by atoms with Crippen molar-refractivity contribution in [3.05, 3.63) is 21.7 Å². The van der Waals surface area contributed by atoms with Gasteiger partial charge in [-0.25, -0.2) is 4.98 Å². The lowest BCUT2D eigenvalue weighted by Crippen LogP contribution is -2.27. The molecule has 2 N–H and O–H groups in total. The van der Waals surface area contributed by atoms with Crippen molar-refractivity contribution in [1.82, 2.24) is 15.3 Å². The van der Waals surface area contributed by atoms with Crippen LogP contribution in [0.2, 0.25) is 0 Å². The number of aromatic nitrogens is 2. The van der Waals surface area contributed by atoms with E-state index in [1.807, 2.05) is 0 Å². The van der Waals surface area contributed by atoms with Crippen molar-refractivity contribution in [2.45, 2.75) is 58.4 Å². The number of rotatable bonds is 1. The van der Waals surface area contributed by atoms with Gasteiger partial charge in [-0.1, -0.05) is 26.1 Å². The highest BCUT2D eigenvalue weighted by molar-refractivity contribution is 7.71. The first kappa shape index (κ1) is 13.3. The predicted molar refractivity (Wildman–Crippen MR) is 79.8 cm³/mol. The summed E-state index contributed by atoms with van der Waals surface area (Å²) < 4.78 is 0.806. The molecule has 0 amide bonds. The molecule has 2 heterocycles. The zero-order valence-electron chi connectivity index (χ0n) is 11.9. The minimum absolute atomic E-state index is 0.505.